The van der Waals surface area contributed by atoms with Crippen LogP contribution in [0.1, 0.15) is 51.3 Å². The standard InChI is InChI=1S/C15H23F3N4O/c1-3-7-14(2,19)13(23)21-8-4-11(5-9-21)22-10-6-12(20-22)15(16,17)18/h6,10-11H,3-5,7-9,19H2,1-2H3. The summed E-state index contributed by atoms with van der Waals surface area (Å²) in [5, 5.41) is 3.62. The molecular formula is C15H23F3N4O. The Morgan fingerprint density at radius 3 is 2.48 bits per heavy atom. The molecule has 0 aromatic carbocycles. The summed E-state index contributed by atoms with van der Waals surface area (Å²) in [5.74, 6) is -0.0887. The smallest absolute Gasteiger partial charge is 0.341 e. The van der Waals surface area contributed by atoms with Crippen LogP contribution >= 0.6 is 0 Å². The van der Waals surface area contributed by atoms with Gasteiger partial charge < -0.3 is 10.6 Å². The van der Waals surface area contributed by atoms with Crippen LogP contribution in [0, 0.1) is 0 Å². The predicted octanol–water partition coefficient (Wildman–Crippen LogP) is 2.58. The lowest BCUT2D eigenvalue weighted by molar-refractivity contribution is -0.141. The van der Waals surface area contributed by atoms with Crippen LogP contribution < -0.4 is 5.73 Å². The minimum absolute atomic E-state index is 0.0887. The summed E-state index contributed by atoms with van der Waals surface area (Å²) in [6.07, 6.45) is -0.485. The van der Waals surface area contributed by atoms with E-state index in [4.69, 9.17) is 5.73 Å². The van der Waals surface area contributed by atoms with Crippen LogP contribution in [0.3, 0.4) is 0 Å². The molecule has 0 bridgehead atoms. The summed E-state index contributed by atoms with van der Waals surface area (Å²) in [4.78, 5) is 14.1. The molecule has 1 aromatic heterocycles. The van der Waals surface area contributed by atoms with Crippen molar-refractivity contribution in [2.45, 2.75) is 57.3 Å². The number of hydrogen-bond acceptors (Lipinski definition) is 3. The molecule has 0 spiro atoms. The third-order valence-electron chi connectivity index (χ3n) is 4.28. The Hall–Kier alpha value is -1.57. The van der Waals surface area contributed by atoms with Crippen molar-refractivity contribution >= 4 is 5.91 Å². The largest absolute Gasteiger partial charge is 0.435 e. The summed E-state index contributed by atoms with van der Waals surface area (Å²) < 4.78 is 39.2. The highest BCUT2D eigenvalue weighted by Crippen LogP contribution is 2.30. The molecule has 1 aliphatic heterocycles. The summed E-state index contributed by atoms with van der Waals surface area (Å²) in [6.45, 7) is 4.68. The molecule has 8 heteroatoms. The van der Waals surface area contributed by atoms with Gasteiger partial charge in [-0.25, -0.2) is 0 Å². The number of nitrogens with zero attached hydrogens (tertiary/aromatic N) is 3. The molecule has 1 amide bonds. The first kappa shape index (κ1) is 17.8. The Balaban J connectivity index is 1.96. The van der Waals surface area contributed by atoms with E-state index in [9.17, 15) is 18.0 Å². The van der Waals surface area contributed by atoms with E-state index >= 15 is 0 Å². The summed E-state index contributed by atoms with van der Waals surface area (Å²) in [5.41, 5.74) is 4.31. The highest BCUT2D eigenvalue weighted by Gasteiger charge is 2.36. The second kappa shape index (κ2) is 6.51. The Morgan fingerprint density at radius 2 is 2.00 bits per heavy atom. The number of hydrogen-bond donors (Lipinski definition) is 1. The van der Waals surface area contributed by atoms with Gasteiger partial charge in [-0.05, 0) is 32.3 Å². The average molecular weight is 332 g/mol. The van der Waals surface area contributed by atoms with Gasteiger partial charge in [-0.2, -0.15) is 18.3 Å². The van der Waals surface area contributed by atoms with Crippen LogP contribution in [0.25, 0.3) is 0 Å². The second-order valence-corrected chi connectivity index (χ2v) is 6.37. The van der Waals surface area contributed by atoms with Gasteiger partial charge in [0.25, 0.3) is 0 Å². The lowest BCUT2D eigenvalue weighted by Crippen LogP contribution is -2.55. The van der Waals surface area contributed by atoms with Gasteiger partial charge in [0.15, 0.2) is 5.69 Å². The van der Waals surface area contributed by atoms with Gasteiger partial charge in [-0.3, -0.25) is 9.48 Å². The van der Waals surface area contributed by atoms with E-state index in [0.717, 1.165) is 12.5 Å². The van der Waals surface area contributed by atoms with E-state index in [1.54, 1.807) is 11.8 Å². The van der Waals surface area contributed by atoms with Gasteiger partial charge in [0, 0.05) is 19.3 Å². The average Bonchev–Trinajstić information content (AvgIpc) is 2.96. The maximum atomic E-state index is 12.6. The Morgan fingerprint density at radius 1 is 1.39 bits per heavy atom. The molecule has 1 fully saturated rings. The van der Waals surface area contributed by atoms with Gasteiger partial charge in [-0.15, -0.1) is 0 Å². The number of rotatable bonds is 4. The Labute approximate surface area is 133 Å². The first-order valence-corrected chi connectivity index (χ1v) is 7.85. The van der Waals surface area contributed by atoms with Crippen molar-refractivity contribution in [2.24, 2.45) is 5.73 Å². The molecule has 0 radical (unpaired) electrons. The fraction of sp³-hybridized carbons (Fsp3) is 0.733. The first-order chi connectivity index (χ1) is 10.6. The van der Waals surface area contributed by atoms with E-state index in [0.29, 0.717) is 32.4 Å². The number of nitrogens with two attached hydrogens (primary N) is 1. The normalized spacial score (nSPS) is 19.7. The van der Waals surface area contributed by atoms with E-state index in [2.05, 4.69) is 5.10 Å². The van der Waals surface area contributed by atoms with Gasteiger partial charge in [0.05, 0.1) is 11.6 Å². The van der Waals surface area contributed by atoms with Crippen LogP contribution in [0.4, 0.5) is 13.2 Å². The van der Waals surface area contributed by atoms with Crippen LogP contribution in [0.2, 0.25) is 0 Å². The summed E-state index contributed by atoms with van der Waals surface area (Å²) in [6, 6.07) is 0.862. The SMILES string of the molecule is CCCC(C)(N)C(=O)N1CCC(n2ccc(C(F)(F)F)n2)CC1. The molecule has 0 aliphatic carbocycles. The van der Waals surface area contributed by atoms with Gasteiger partial charge in [-0.1, -0.05) is 13.3 Å². The van der Waals surface area contributed by atoms with Crippen molar-refractivity contribution in [1.29, 1.82) is 0 Å². The van der Waals surface area contributed by atoms with E-state index in [-0.39, 0.29) is 11.9 Å². The molecule has 5 nitrogen and oxygen atoms in total. The zero-order valence-electron chi connectivity index (χ0n) is 13.4. The lowest BCUT2D eigenvalue weighted by atomic mass is 9.94. The molecule has 2 N–H and O–H groups in total. The lowest BCUT2D eigenvalue weighted by Gasteiger charge is -2.36. The van der Waals surface area contributed by atoms with Gasteiger partial charge >= 0.3 is 6.18 Å². The number of likely N-dealkylation sites (tertiary alicyclic amines) is 1. The molecule has 130 valence electrons. The first-order valence-electron chi connectivity index (χ1n) is 7.85. The number of carbonyl (C=O) groups is 1. The van der Waals surface area contributed by atoms with Crippen molar-refractivity contribution in [3.05, 3.63) is 18.0 Å². The fourth-order valence-electron chi connectivity index (χ4n) is 3.01. The number of carbonyl (C=O) groups excluding carboxylic acids is 1. The predicted molar refractivity (Wildman–Crippen MR) is 79.6 cm³/mol. The number of alkyl halides is 3. The Bertz CT molecular complexity index is 545. The van der Waals surface area contributed by atoms with E-state index in [1.165, 1.54) is 10.9 Å². The zero-order valence-corrected chi connectivity index (χ0v) is 13.4. The molecule has 1 saturated heterocycles. The molecule has 1 atom stereocenters. The van der Waals surface area contributed by atoms with Crippen LogP contribution in [-0.2, 0) is 11.0 Å². The van der Waals surface area contributed by atoms with Gasteiger partial charge in [0.2, 0.25) is 5.91 Å². The maximum absolute atomic E-state index is 12.6. The summed E-state index contributed by atoms with van der Waals surface area (Å²) >= 11 is 0. The molecule has 1 aromatic rings. The minimum atomic E-state index is -4.43. The Kier molecular flexibility index (Phi) is 5.03. The maximum Gasteiger partial charge on any atom is 0.435 e. The quantitative estimate of drug-likeness (QED) is 0.922. The molecule has 2 rings (SSSR count). The van der Waals surface area contributed by atoms with Gasteiger partial charge in [0.1, 0.15) is 0 Å². The molecule has 2 heterocycles. The number of aromatic nitrogens is 2. The van der Waals surface area contributed by atoms with E-state index in [1.807, 2.05) is 6.92 Å². The topological polar surface area (TPSA) is 64.2 Å². The van der Waals surface area contributed by atoms with Crippen molar-refractivity contribution < 1.29 is 18.0 Å². The fourth-order valence-corrected chi connectivity index (χ4v) is 3.01. The molecular weight excluding hydrogens is 309 g/mol. The molecule has 1 aliphatic rings. The van der Waals surface area contributed by atoms with Crippen LogP contribution in [-0.4, -0.2) is 39.2 Å². The van der Waals surface area contributed by atoms with Crippen molar-refractivity contribution in [1.82, 2.24) is 14.7 Å². The minimum Gasteiger partial charge on any atom is -0.341 e. The summed E-state index contributed by atoms with van der Waals surface area (Å²) in [7, 11) is 0. The van der Waals surface area contributed by atoms with Crippen molar-refractivity contribution in [2.75, 3.05) is 13.1 Å². The third-order valence-corrected chi connectivity index (χ3v) is 4.28. The zero-order chi connectivity index (χ0) is 17.3. The van der Waals surface area contributed by atoms with Crippen LogP contribution in [0.5, 0.6) is 0 Å². The number of piperidine rings is 1. The molecule has 0 saturated carbocycles. The number of amides is 1. The monoisotopic (exact) mass is 332 g/mol. The highest BCUT2D eigenvalue weighted by molar-refractivity contribution is 5.85. The number of halogens is 3. The van der Waals surface area contributed by atoms with E-state index < -0.39 is 17.4 Å². The molecule has 23 heavy (non-hydrogen) atoms. The van der Waals surface area contributed by atoms with Crippen LogP contribution in [0.15, 0.2) is 12.3 Å². The second-order valence-electron chi connectivity index (χ2n) is 6.37. The van der Waals surface area contributed by atoms with Crippen molar-refractivity contribution in [3.63, 3.8) is 0 Å². The van der Waals surface area contributed by atoms with Crippen molar-refractivity contribution in [3.8, 4) is 0 Å². The molecule has 1 unspecified atom stereocenters. The third kappa shape index (κ3) is 4.04. The highest BCUT2D eigenvalue weighted by atomic mass is 19.4.